The molecule has 0 saturated heterocycles. The molecule has 0 spiro atoms. The second kappa shape index (κ2) is 12.9. The van der Waals surface area contributed by atoms with Crippen molar-refractivity contribution in [3.8, 4) is 17.6 Å². The minimum Gasteiger partial charge on any atom is -0.490 e. The number of aromatic nitrogens is 2. The molecular formula is C29H25Br3N4O3. The van der Waals surface area contributed by atoms with E-state index < -0.39 is 0 Å². The van der Waals surface area contributed by atoms with Gasteiger partial charge in [-0.1, -0.05) is 48.0 Å². The van der Waals surface area contributed by atoms with E-state index in [1.807, 2.05) is 51.1 Å². The van der Waals surface area contributed by atoms with E-state index >= 15 is 0 Å². The molecule has 0 N–H and O–H groups in total. The molecule has 0 amide bonds. The number of hydrogen-bond acceptors (Lipinski definition) is 6. The molecule has 0 aliphatic heterocycles. The van der Waals surface area contributed by atoms with E-state index in [2.05, 4.69) is 59.0 Å². The quantitative estimate of drug-likeness (QED) is 0.164. The van der Waals surface area contributed by atoms with Crippen molar-refractivity contribution in [3.63, 3.8) is 0 Å². The van der Waals surface area contributed by atoms with E-state index in [-0.39, 0.29) is 18.1 Å². The summed E-state index contributed by atoms with van der Waals surface area (Å²) in [7, 11) is 0. The van der Waals surface area contributed by atoms with Gasteiger partial charge in [0.1, 0.15) is 12.4 Å². The molecule has 0 radical (unpaired) electrons. The van der Waals surface area contributed by atoms with Gasteiger partial charge in [0.2, 0.25) is 0 Å². The van der Waals surface area contributed by atoms with E-state index in [1.165, 1.54) is 4.68 Å². The van der Waals surface area contributed by atoms with Gasteiger partial charge in [-0.2, -0.15) is 15.0 Å². The number of ether oxygens (including phenoxy) is 2. The monoisotopic (exact) mass is 714 g/mol. The third-order valence-corrected chi connectivity index (χ3v) is 8.80. The molecule has 10 heteroatoms. The Morgan fingerprint density at radius 3 is 2.59 bits per heavy atom. The zero-order valence-electron chi connectivity index (χ0n) is 21.5. The van der Waals surface area contributed by atoms with Gasteiger partial charge in [-0.05, 0) is 75.5 Å². The second-order valence-corrected chi connectivity index (χ2v) is 11.2. The smallest absolute Gasteiger partial charge is 0.282 e. The molecule has 0 aliphatic rings. The maximum absolute atomic E-state index is 13.5. The summed E-state index contributed by atoms with van der Waals surface area (Å²) in [5, 5.41) is 14.5. The molecule has 4 aromatic rings. The Morgan fingerprint density at radius 1 is 1.10 bits per heavy atom. The molecule has 4 rings (SSSR count). The third-order valence-electron chi connectivity index (χ3n) is 6.16. The molecule has 200 valence electrons. The lowest BCUT2D eigenvalue weighted by molar-refractivity contribution is 0.267. The van der Waals surface area contributed by atoms with E-state index in [9.17, 15) is 10.1 Å². The summed E-state index contributed by atoms with van der Waals surface area (Å²) in [6.45, 7) is 6.56. The van der Waals surface area contributed by atoms with Crippen LogP contribution in [0.25, 0.3) is 10.9 Å². The summed E-state index contributed by atoms with van der Waals surface area (Å²) in [6, 6.07) is 16.7. The predicted octanol–water partition coefficient (Wildman–Crippen LogP) is 7.93. The van der Waals surface area contributed by atoms with E-state index in [1.54, 1.807) is 24.4 Å². The minimum atomic E-state index is -0.246. The molecule has 0 aliphatic carbocycles. The van der Waals surface area contributed by atoms with Crippen LogP contribution in [-0.4, -0.2) is 22.5 Å². The maximum Gasteiger partial charge on any atom is 0.282 e. The van der Waals surface area contributed by atoms with Crippen LogP contribution in [0, 0.1) is 11.3 Å². The highest BCUT2D eigenvalue weighted by Gasteiger charge is 2.19. The van der Waals surface area contributed by atoms with Crippen LogP contribution >= 0.6 is 47.8 Å². The van der Waals surface area contributed by atoms with Crippen molar-refractivity contribution in [1.82, 2.24) is 9.66 Å². The first-order chi connectivity index (χ1) is 18.8. The number of nitriles is 1. The molecular weight excluding hydrogens is 692 g/mol. The van der Waals surface area contributed by atoms with Crippen LogP contribution in [0.5, 0.6) is 11.5 Å². The zero-order chi connectivity index (χ0) is 28.1. The van der Waals surface area contributed by atoms with Gasteiger partial charge < -0.3 is 9.47 Å². The van der Waals surface area contributed by atoms with Gasteiger partial charge >= 0.3 is 0 Å². The number of fused-ring (bicyclic) bond motifs is 1. The highest BCUT2D eigenvalue weighted by Crippen LogP contribution is 2.43. The fourth-order valence-electron chi connectivity index (χ4n) is 3.90. The summed E-state index contributed by atoms with van der Waals surface area (Å²) in [5.74, 6) is 1.59. The maximum atomic E-state index is 13.5. The lowest BCUT2D eigenvalue weighted by Crippen LogP contribution is -2.23. The molecule has 1 aromatic heterocycles. The average Bonchev–Trinajstić information content (AvgIpc) is 2.94. The number of hydrogen-bond donors (Lipinski definition) is 0. The van der Waals surface area contributed by atoms with Crippen LogP contribution in [0.2, 0.25) is 0 Å². The summed E-state index contributed by atoms with van der Waals surface area (Å²) in [6.07, 6.45) is 2.40. The standard InChI is InChI=1S/C29H25Br3N4O3/c1-4-17(3)28-35-23-11-10-21(30)13-22(23)29(37)36(28)34-15-20-12-24(38-5-2)27(26(32)25(20)31)39-16-19-9-7-6-8-18(19)14-33/h6-13,15,17H,4-5,16H2,1-3H3/t17-/m0/s1. The summed E-state index contributed by atoms with van der Waals surface area (Å²) < 4.78 is 15.5. The van der Waals surface area contributed by atoms with Gasteiger partial charge in [0.05, 0.1) is 39.8 Å². The van der Waals surface area contributed by atoms with Crippen LogP contribution in [0.15, 0.2) is 71.8 Å². The van der Waals surface area contributed by atoms with Gasteiger partial charge in [-0.25, -0.2) is 4.98 Å². The Hall–Kier alpha value is -3.00. The first-order valence-electron chi connectivity index (χ1n) is 12.3. The summed E-state index contributed by atoms with van der Waals surface area (Å²) in [4.78, 5) is 18.3. The van der Waals surface area contributed by atoms with Crippen molar-refractivity contribution in [3.05, 3.63) is 94.8 Å². The Morgan fingerprint density at radius 2 is 1.87 bits per heavy atom. The zero-order valence-corrected chi connectivity index (χ0v) is 26.3. The SMILES string of the molecule is CCOc1cc(C=Nn2c([C@@H](C)CC)nc3ccc(Br)cc3c2=O)c(Br)c(Br)c1OCc1ccccc1C#N. The number of nitrogens with zero attached hydrogens (tertiary/aromatic N) is 4. The Kier molecular flexibility index (Phi) is 9.59. The second-order valence-electron chi connectivity index (χ2n) is 8.71. The molecule has 39 heavy (non-hydrogen) atoms. The molecule has 1 atom stereocenters. The minimum absolute atomic E-state index is 0.0177. The highest BCUT2D eigenvalue weighted by atomic mass is 79.9. The van der Waals surface area contributed by atoms with Gasteiger partial charge in [-0.15, -0.1) is 0 Å². The Labute approximate surface area is 251 Å². The normalized spacial score (nSPS) is 12.0. The lowest BCUT2D eigenvalue weighted by Gasteiger charge is -2.17. The third kappa shape index (κ3) is 6.26. The number of rotatable bonds is 9. The average molecular weight is 717 g/mol. The summed E-state index contributed by atoms with van der Waals surface area (Å²) in [5.41, 5.74) is 2.37. The fraction of sp³-hybridized carbons (Fsp3) is 0.241. The van der Waals surface area contributed by atoms with Crippen molar-refractivity contribution in [2.24, 2.45) is 5.10 Å². The molecule has 0 saturated carbocycles. The highest BCUT2D eigenvalue weighted by molar-refractivity contribution is 9.13. The first kappa shape index (κ1) is 29.0. The largest absolute Gasteiger partial charge is 0.490 e. The predicted molar refractivity (Wildman–Crippen MR) is 164 cm³/mol. The van der Waals surface area contributed by atoms with Crippen molar-refractivity contribution < 1.29 is 9.47 Å². The number of benzene rings is 3. The molecule has 0 bridgehead atoms. The number of halogens is 3. The fourth-order valence-corrected chi connectivity index (χ4v) is 5.20. The van der Waals surface area contributed by atoms with Crippen LogP contribution in [0.1, 0.15) is 55.6 Å². The van der Waals surface area contributed by atoms with Gasteiger partial charge in [0.25, 0.3) is 5.56 Å². The van der Waals surface area contributed by atoms with Crippen molar-refractivity contribution >= 4 is 64.9 Å². The van der Waals surface area contributed by atoms with E-state index in [4.69, 9.17) is 14.5 Å². The van der Waals surface area contributed by atoms with Crippen molar-refractivity contribution in [1.29, 1.82) is 5.26 Å². The van der Waals surface area contributed by atoms with Crippen LogP contribution in [-0.2, 0) is 6.61 Å². The van der Waals surface area contributed by atoms with Gasteiger partial charge in [-0.3, -0.25) is 4.79 Å². The Bertz CT molecular complexity index is 1660. The molecule has 7 nitrogen and oxygen atoms in total. The van der Waals surface area contributed by atoms with Gasteiger partial charge in [0.15, 0.2) is 11.5 Å². The summed E-state index contributed by atoms with van der Waals surface area (Å²) >= 11 is 10.7. The topological polar surface area (TPSA) is 89.5 Å². The van der Waals surface area contributed by atoms with E-state index in [0.29, 0.717) is 54.9 Å². The Balaban J connectivity index is 1.77. The van der Waals surface area contributed by atoms with Crippen LogP contribution < -0.4 is 15.0 Å². The van der Waals surface area contributed by atoms with Gasteiger partial charge in [0, 0.05) is 26.0 Å². The van der Waals surface area contributed by atoms with Crippen LogP contribution in [0.3, 0.4) is 0 Å². The molecule has 0 unspecified atom stereocenters. The molecule has 3 aromatic carbocycles. The lowest BCUT2D eigenvalue weighted by atomic mass is 10.1. The van der Waals surface area contributed by atoms with Crippen molar-refractivity contribution in [2.75, 3.05) is 6.61 Å². The van der Waals surface area contributed by atoms with Crippen LogP contribution in [0.4, 0.5) is 0 Å². The van der Waals surface area contributed by atoms with Crippen molar-refractivity contribution in [2.45, 2.75) is 39.7 Å². The molecule has 1 heterocycles. The van der Waals surface area contributed by atoms with E-state index in [0.717, 1.165) is 16.5 Å². The first-order valence-corrected chi connectivity index (χ1v) is 14.7. The molecule has 0 fully saturated rings.